The first-order valence-corrected chi connectivity index (χ1v) is 10.1. The Morgan fingerprint density at radius 2 is 2.15 bits per heavy atom. The molecule has 0 radical (unpaired) electrons. The highest BCUT2D eigenvalue weighted by Crippen LogP contribution is 2.24. The van der Waals surface area contributed by atoms with Gasteiger partial charge >= 0.3 is 0 Å². The Kier molecular flexibility index (Phi) is 5.57. The Labute approximate surface area is 125 Å². The van der Waals surface area contributed by atoms with Gasteiger partial charge in [0, 0.05) is 23.8 Å². The minimum atomic E-state index is -3.13. The lowest BCUT2D eigenvalue weighted by molar-refractivity contribution is 0.391. The number of aliphatic imine (C=N–C) groups is 1. The number of rotatable bonds is 3. The van der Waals surface area contributed by atoms with Gasteiger partial charge in [-0.25, -0.2) is 19.3 Å². The van der Waals surface area contributed by atoms with E-state index in [0.29, 0.717) is 18.3 Å². The van der Waals surface area contributed by atoms with E-state index >= 15 is 0 Å². The van der Waals surface area contributed by atoms with Crippen molar-refractivity contribution in [2.24, 2.45) is 10.8 Å². The third kappa shape index (κ3) is 3.59. The zero-order chi connectivity index (χ0) is 14.6. The van der Waals surface area contributed by atoms with E-state index in [1.165, 1.54) is 12.8 Å². The van der Waals surface area contributed by atoms with Crippen molar-refractivity contribution in [2.75, 3.05) is 23.8 Å². The van der Waals surface area contributed by atoms with Crippen LogP contribution in [-0.4, -0.2) is 54.5 Å². The molecule has 6 nitrogen and oxygen atoms in total. The second-order valence-corrected chi connectivity index (χ2v) is 8.81. The minimum Gasteiger partial charge on any atom is -0.323 e. The molecule has 2 aliphatic rings. The Morgan fingerprint density at radius 3 is 2.75 bits per heavy atom. The van der Waals surface area contributed by atoms with E-state index in [1.54, 1.807) is 18.7 Å². The SMILES string of the molecule is CCS(=O)(=O)C1CSCCN1C(=NC1CCCC1)NN. The van der Waals surface area contributed by atoms with Crippen LogP contribution >= 0.6 is 11.8 Å². The number of hydrogen-bond donors (Lipinski definition) is 2. The van der Waals surface area contributed by atoms with E-state index in [2.05, 4.69) is 10.4 Å². The third-order valence-corrected chi connectivity index (χ3v) is 7.22. The molecule has 0 aromatic heterocycles. The van der Waals surface area contributed by atoms with Crippen LogP contribution < -0.4 is 11.3 Å². The fourth-order valence-electron chi connectivity index (χ4n) is 2.71. The summed E-state index contributed by atoms with van der Waals surface area (Å²) in [7, 11) is -3.13. The molecule has 0 spiro atoms. The van der Waals surface area contributed by atoms with Gasteiger partial charge in [-0.3, -0.25) is 5.43 Å². The summed E-state index contributed by atoms with van der Waals surface area (Å²) in [5, 5.41) is -0.512. The van der Waals surface area contributed by atoms with Gasteiger partial charge in [0.15, 0.2) is 9.84 Å². The number of nitrogens with one attached hydrogen (secondary N) is 1. The molecule has 0 bridgehead atoms. The molecule has 116 valence electrons. The predicted octanol–water partition coefficient (Wildman–Crippen LogP) is 0.558. The molecule has 2 rings (SSSR count). The van der Waals surface area contributed by atoms with Crippen LogP contribution in [0.5, 0.6) is 0 Å². The first-order valence-electron chi connectivity index (χ1n) is 7.19. The molecule has 8 heteroatoms. The van der Waals surface area contributed by atoms with Crippen LogP contribution in [0.1, 0.15) is 32.6 Å². The number of nitrogens with two attached hydrogens (primary N) is 1. The predicted molar refractivity (Wildman–Crippen MR) is 84.3 cm³/mol. The Morgan fingerprint density at radius 1 is 1.45 bits per heavy atom. The maximum Gasteiger partial charge on any atom is 0.209 e. The molecule has 1 heterocycles. The molecule has 2 fully saturated rings. The number of thioether (sulfide) groups is 1. The van der Waals surface area contributed by atoms with E-state index in [1.807, 2.05) is 4.90 Å². The van der Waals surface area contributed by atoms with Crippen molar-refractivity contribution in [1.82, 2.24) is 10.3 Å². The van der Waals surface area contributed by atoms with Gasteiger partial charge in [-0.05, 0) is 12.8 Å². The van der Waals surface area contributed by atoms with Crippen molar-refractivity contribution in [3.63, 3.8) is 0 Å². The van der Waals surface area contributed by atoms with Gasteiger partial charge in [-0.2, -0.15) is 11.8 Å². The summed E-state index contributed by atoms with van der Waals surface area (Å²) in [6.07, 6.45) is 4.52. The number of nitrogens with zero attached hydrogens (tertiary/aromatic N) is 2. The second-order valence-electron chi connectivity index (χ2n) is 5.21. The summed E-state index contributed by atoms with van der Waals surface area (Å²) < 4.78 is 24.5. The molecule has 1 saturated carbocycles. The maximum atomic E-state index is 12.2. The molecule has 0 aromatic carbocycles. The van der Waals surface area contributed by atoms with E-state index in [0.717, 1.165) is 18.6 Å². The van der Waals surface area contributed by atoms with E-state index < -0.39 is 15.2 Å². The van der Waals surface area contributed by atoms with Gasteiger partial charge in [0.05, 0.1) is 6.04 Å². The van der Waals surface area contributed by atoms with Gasteiger partial charge in [-0.1, -0.05) is 19.8 Å². The highest BCUT2D eigenvalue weighted by molar-refractivity contribution is 8.01. The Bertz CT molecular complexity index is 446. The summed E-state index contributed by atoms with van der Waals surface area (Å²) in [6, 6.07) is 0.278. The normalized spacial score (nSPS) is 26.0. The van der Waals surface area contributed by atoms with Crippen LogP contribution in [0.4, 0.5) is 0 Å². The van der Waals surface area contributed by atoms with Crippen LogP contribution in [-0.2, 0) is 9.84 Å². The molecule has 1 aliphatic carbocycles. The van der Waals surface area contributed by atoms with E-state index in [9.17, 15) is 8.42 Å². The average Bonchev–Trinajstić information content (AvgIpc) is 2.98. The van der Waals surface area contributed by atoms with E-state index in [4.69, 9.17) is 5.84 Å². The molecule has 1 atom stereocenters. The zero-order valence-corrected chi connectivity index (χ0v) is 13.5. The molecule has 0 amide bonds. The number of hydrazine groups is 1. The van der Waals surface area contributed by atoms with Crippen molar-refractivity contribution >= 4 is 27.6 Å². The highest BCUT2D eigenvalue weighted by atomic mass is 32.2. The van der Waals surface area contributed by atoms with Crippen LogP contribution in [0, 0.1) is 0 Å². The second kappa shape index (κ2) is 7.00. The first kappa shape index (κ1) is 15.9. The lowest BCUT2D eigenvalue weighted by atomic mass is 10.3. The average molecular weight is 320 g/mol. The first-order chi connectivity index (χ1) is 9.58. The molecular formula is C12H24N4O2S2. The van der Waals surface area contributed by atoms with Crippen molar-refractivity contribution in [2.45, 2.75) is 44.0 Å². The van der Waals surface area contributed by atoms with Gasteiger partial charge in [0.2, 0.25) is 5.96 Å². The largest absolute Gasteiger partial charge is 0.323 e. The zero-order valence-electron chi connectivity index (χ0n) is 11.9. The summed E-state index contributed by atoms with van der Waals surface area (Å²) in [4.78, 5) is 6.49. The summed E-state index contributed by atoms with van der Waals surface area (Å²) in [6.45, 7) is 2.36. The number of sulfone groups is 1. The van der Waals surface area contributed by atoms with Gasteiger partial charge in [0.1, 0.15) is 5.37 Å². The third-order valence-electron chi connectivity index (χ3n) is 3.93. The fourth-order valence-corrected chi connectivity index (χ4v) is 5.68. The van der Waals surface area contributed by atoms with Crippen molar-refractivity contribution in [3.05, 3.63) is 0 Å². The van der Waals surface area contributed by atoms with Crippen LogP contribution in [0.25, 0.3) is 0 Å². The van der Waals surface area contributed by atoms with E-state index in [-0.39, 0.29) is 11.8 Å². The quantitative estimate of drug-likeness (QED) is 0.342. The van der Waals surface area contributed by atoms with Crippen LogP contribution in [0.3, 0.4) is 0 Å². The van der Waals surface area contributed by atoms with Crippen molar-refractivity contribution in [3.8, 4) is 0 Å². The molecule has 1 unspecified atom stereocenters. The summed E-state index contributed by atoms with van der Waals surface area (Å²) in [5.74, 6) is 7.78. The molecule has 3 N–H and O–H groups in total. The highest BCUT2D eigenvalue weighted by Gasteiger charge is 2.35. The minimum absolute atomic E-state index is 0.149. The van der Waals surface area contributed by atoms with Crippen molar-refractivity contribution in [1.29, 1.82) is 0 Å². The molecule has 0 aromatic rings. The number of hydrogen-bond acceptors (Lipinski definition) is 5. The van der Waals surface area contributed by atoms with Gasteiger partial charge in [-0.15, -0.1) is 0 Å². The maximum absolute atomic E-state index is 12.2. The molecular weight excluding hydrogens is 296 g/mol. The van der Waals surface area contributed by atoms with Crippen LogP contribution in [0.15, 0.2) is 4.99 Å². The molecule has 20 heavy (non-hydrogen) atoms. The Hall–Kier alpha value is -0.470. The molecule has 1 saturated heterocycles. The smallest absolute Gasteiger partial charge is 0.209 e. The number of guanidine groups is 1. The fraction of sp³-hybridized carbons (Fsp3) is 0.917. The summed E-state index contributed by atoms with van der Waals surface area (Å²) >= 11 is 1.68. The lowest BCUT2D eigenvalue weighted by Gasteiger charge is -2.36. The van der Waals surface area contributed by atoms with Crippen molar-refractivity contribution < 1.29 is 8.42 Å². The van der Waals surface area contributed by atoms with Crippen LogP contribution in [0.2, 0.25) is 0 Å². The monoisotopic (exact) mass is 320 g/mol. The lowest BCUT2D eigenvalue weighted by Crippen LogP contribution is -2.56. The van der Waals surface area contributed by atoms with Gasteiger partial charge < -0.3 is 4.90 Å². The topological polar surface area (TPSA) is 87.8 Å². The Balaban J connectivity index is 2.20. The molecule has 1 aliphatic heterocycles. The standard InChI is InChI=1S/C12H24N4O2S2/c1-2-20(17,18)11-9-19-8-7-16(11)12(15-13)14-10-5-3-4-6-10/h10-11H,2-9,13H2,1H3,(H,14,15). The van der Waals surface area contributed by atoms with Gasteiger partial charge in [0.25, 0.3) is 0 Å². The summed E-state index contributed by atoms with van der Waals surface area (Å²) in [5.41, 5.74) is 2.63.